The summed E-state index contributed by atoms with van der Waals surface area (Å²) in [5, 5.41) is 0. The Hall–Kier alpha value is -3.29. The SMILES string of the molecule is Cc1nc(C2CCCN(C(=O)CCN3Cc4ccccc4C3=O)C2)nc2c1CCC(=O)N2C. The quantitative estimate of drug-likeness (QED) is 0.719. The number of carbonyl (C=O) groups excluding carboxylic acids is 3. The molecule has 1 fully saturated rings. The Kier molecular flexibility index (Phi) is 5.60. The van der Waals surface area contributed by atoms with E-state index in [4.69, 9.17) is 9.97 Å². The average Bonchev–Trinajstić information content (AvgIpc) is 3.15. The number of rotatable bonds is 4. The Morgan fingerprint density at radius 1 is 1.15 bits per heavy atom. The predicted octanol–water partition coefficient (Wildman–Crippen LogP) is 2.45. The van der Waals surface area contributed by atoms with E-state index in [1.54, 1.807) is 16.8 Å². The van der Waals surface area contributed by atoms with Gasteiger partial charge in [-0.15, -0.1) is 0 Å². The van der Waals surface area contributed by atoms with Crippen LogP contribution in [0.5, 0.6) is 0 Å². The highest BCUT2D eigenvalue weighted by atomic mass is 16.2. The number of carbonyl (C=O) groups is 3. The number of aryl methyl sites for hydroxylation is 1. The maximum Gasteiger partial charge on any atom is 0.254 e. The van der Waals surface area contributed by atoms with Gasteiger partial charge in [0, 0.05) is 68.8 Å². The van der Waals surface area contributed by atoms with Crippen LogP contribution in [-0.2, 0) is 22.6 Å². The van der Waals surface area contributed by atoms with Crippen LogP contribution in [0, 0.1) is 6.92 Å². The lowest BCUT2D eigenvalue weighted by Gasteiger charge is -2.33. The van der Waals surface area contributed by atoms with Crippen molar-refractivity contribution in [1.82, 2.24) is 19.8 Å². The molecule has 4 heterocycles. The maximum atomic E-state index is 13.0. The minimum absolute atomic E-state index is 0.00604. The van der Waals surface area contributed by atoms with Crippen molar-refractivity contribution in [2.45, 2.75) is 51.5 Å². The Balaban J connectivity index is 1.24. The van der Waals surface area contributed by atoms with Crippen LogP contribution in [-0.4, -0.2) is 64.2 Å². The molecule has 1 aromatic heterocycles. The Morgan fingerprint density at radius 2 is 1.97 bits per heavy atom. The molecule has 0 aliphatic carbocycles. The molecule has 1 saturated heterocycles. The first-order valence-corrected chi connectivity index (χ1v) is 11.7. The van der Waals surface area contributed by atoms with Gasteiger partial charge in [0.05, 0.1) is 0 Å². The van der Waals surface area contributed by atoms with Crippen LogP contribution in [0.3, 0.4) is 0 Å². The second-order valence-electron chi connectivity index (χ2n) is 9.23. The number of hydrogen-bond donors (Lipinski definition) is 0. The molecular formula is C25H29N5O3. The van der Waals surface area contributed by atoms with Gasteiger partial charge in [-0.3, -0.25) is 19.3 Å². The second kappa shape index (κ2) is 8.57. The third-order valence-electron chi connectivity index (χ3n) is 7.12. The van der Waals surface area contributed by atoms with Crippen molar-refractivity contribution in [3.05, 3.63) is 52.5 Å². The van der Waals surface area contributed by atoms with E-state index in [0.29, 0.717) is 51.3 Å². The predicted molar refractivity (Wildman–Crippen MR) is 123 cm³/mol. The topological polar surface area (TPSA) is 86.7 Å². The molecule has 0 spiro atoms. The molecule has 172 valence electrons. The van der Waals surface area contributed by atoms with E-state index in [0.717, 1.165) is 41.1 Å². The van der Waals surface area contributed by atoms with Crippen LogP contribution in [0.4, 0.5) is 5.82 Å². The first-order valence-electron chi connectivity index (χ1n) is 11.7. The molecule has 2 aromatic rings. The summed E-state index contributed by atoms with van der Waals surface area (Å²) in [5.41, 5.74) is 3.73. The van der Waals surface area contributed by atoms with Gasteiger partial charge in [0.1, 0.15) is 11.6 Å². The summed E-state index contributed by atoms with van der Waals surface area (Å²) in [5.74, 6) is 1.62. The molecular weight excluding hydrogens is 418 g/mol. The van der Waals surface area contributed by atoms with E-state index in [-0.39, 0.29) is 23.6 Å². The van der Waals surface area contributed by atoms with Crippen LogP contribution in [0.25, 0.3) is 0 Å². The summed E-state index contributed by atoms with van der Waals surface area (Å²) >= 11 is 0. The Morgan fingerprint density at radius 3 is 2.79 bits per heavy atom. The van der Waals surface area contributed by atoms with Crippen molar-refractivity contribution in [1.29, 1.82) is 0 Å². The molecule has 8 heteroatoms. The zero-order valence-corrected chi connectivity index (χ0v) is 19.2. The zero-order chi connectivity index (χ0) is 23.1. The Bertz CT molecular complexity index is 1130. The molecule has 1 aromatic carbocycles. The molecule has 3 aliphatic heterocycles. The van der Waals surface area contributed by atoms with Gasteiger partial charge in [-0.1, -0.05) is 18.2 Å². The average molecular weight is 448 g/mol. The van der Waals surface area contributed by atoms with Gasteiger partial charge in [-0.05, 0) is 37.8 Å². The zero-order valence-electron chi connectivity index (χ0n) is 19.2. The lowest BCUT2D eigenvalue weighted by atomic mass is 9.95. The van der Waals surface area contributed by atoms with Gasteiger partial charge in [0.25, 0.3) is 5.91 Å². The number of aromatic nitrogens is 2. The largest absolute Gasteiger partial charge is 0.342 e. The van der Waals surface area contributed by atoms with Crippen LogP contribution < -0.4 is 4.90 Å². The van der Waals surface area contributed by atoms with E-state index in [9.17, 15) is 14.4 Å². The smallest absolute Gasteiger partial charge is 0.254 e. The van der Waals surface area contributed by atoms with Gasteiger partial charge < -0.3 is 9.80 Å². The number of piperidine rings is 1. The lowest BCUT2D eigenvalue weighted by molar-refractivity contribution is -0.132. The van der Waals surface area contributed by atoms with Crippen molar-refractivity contribution >= 4 is 23.5 Å². The van der Waals surface area contributed by atoms with Gasteiger partial charge >= 0.3 is 0 Å². The van der Waals surface area contributed by atoms with Crippen molar-refractivity contribution < 1.29 is 14.4 Å². The molecule has 0 bridgehead atoms. The second-order valence-corrected chi connectivity index (χ2v) is 9.23. The van der Waals surface area contributed by atoms with E-state index >= 15 is 0 Å². The van der Waals surface area contributed by atoms with Gasteiger partial charge in [-0.25, -0.2) is 9.97 Å². The van der Waals surface area contributed by atoms with Crippen molar-refractivity contribution in [3.63, 3.8) is 0 Å². The summed E-state index contributed by atoms with van der Waals surface area (Å²) in [4.78, 5) is 52.5. The molecule has 3 amide bonds. The number of likely N-dealkylation sites (tertiary alicyclic amines) is 1. The molecule has 0 radical (unpaired) electrons. The molecule has 0 saturated carbocycles. The van der Waals surface area contributed by atoms with Crippen LogP contribution in [0.1, 0.15) is 64.6 Å². The third-order valence-corrected chi connectivity index (χ3v) is 7.12. The molecule has 1 atom stereocenters. The Labute approximate surface area is 193 Å². The molecule has 0 N–H and O–H groups in total. The number of hydrogen-bond acceptors (Lipinski definition) is 5. The third kappa shape index (κ3) is 3.98. The summed E-state index contributed by atoms with van der Waals surface area (Å²) in [7, 11) is 1.77. The van der Waals surface area contributed by atoms with Crippen molar-refractivity contribution in [2.24, 2.45) is 0 Å². The summed E-state index contributed by atoms with van der Waals surface area (Å²) in [6.07, 6.45) is 3.29. The minimum atomic E-state index is 0.00604. The van der Waals surface area contributed by atoms with Gasteiger partial charge in [-0.2, -0.15) is 0 Å². The monoisotopic (exact) mass is 447 g/mol. The van der Waals surface area contributed by atoms with E-state index in [1.807, 2.05) is 36.1 Å². The number of amides is 3. The van der Waals surface area contributed by atoms with Crippen LogP contribution >= 0.6 is 0 Å². The highest BCUT2D eigenvalue weighted by molar-refractivity contribution is 5.98. The highest BCUT2D eigenvalue weighted by Crippen LogP contribution is 2.31. The number of anilines is 1. The van der Waals surface area contributed by atoms with Crippen molar-refractivity contribution in [3.8, 4) is 0 Å². The fourth-order valence-electron chi connectivity index (χ4n) is 5.17. The fraction of sp³-hybridized carbons (Fsp3) is 0.480. The molecule has 3 aliphatic rings. The first-order chi connectivity index (χ1) is 15.9. The van der Waals surface area contributed by atoms with E-state index in [2.05, 4.69) is 0 Å². The number of fused-ring (bicyclic) bond motifs is 2. The minimum Gasteiger partial charge on any atom is -0.342 e. The normalized spacial score (nSPS) is 20.2. The molecule has 33 heavy (non-hydrogen) atoms. The number of benzene rings is 1. The van der Waals surface area contributed by atoms with Gasteiger partial charge in [0.15, 0.2) is 0 Å². The molecule has 1 unspecified atom stereocenters. The summed E-state index contributed by atoms with van der Waals surface area (Å²) in [6.45, 7) is 4.26. The van der Waals surface area contributed by atoms with Gasteiger partial charge in [0.2, 0.25) is 11.8 Å². The standard InChI is InChI=1S/C25H29N5O3/c1-16-19-9-10-21(31)28(2)24(19)27-23(26-16)18-7-5-12-29(15-18)22(32)11-13-30-14-17-6-3-4-8-20(17)25(30)33/h3-4,6,8,18H,5,7,9-15H2,1-2H3. The summed E-state index contributed by atoms with van der Waals surface area (Å²) in [6, 6.07) is 7.63. The first kappa shape index (κ1) is 21.6. The fourth-order valence-corrected chi connectivity index (χ4v) is 5.17. The van der Waals surface area contributed by atoms with Crippen LogP contribution in [0.15, 0.2) is 24.3 Å². The number of nitrogens with zero attached hydrogens (tertiary/aromatic N) is 5. The molecule has 8 nitrogen and oxygen atoms in total. The lowest BCUT2D eigenvalue weighted by Crippen LogP contribution is -2.41. The van der Waals surface area contributed by atoms with E-state index < -0.39 is 0 Å². The van der Waals surface area contributed by atoms with Crippen molar-refractivity contribution in [2.75, 3.05) is 31.6 Å². The molecule has 5 rings (SSSR count). The summed E-state index contributed by atoms with van der Waals surface area (Å²) < 4.78 is 0. The highest BCUT2D eigenvalue weighted by Gasteiger charge is 2.32. The van der Waals surface area contributed by atoms with E-state index in [1.165, 1.54) is 0 Å². The van der Waals surface area contributed by atoms with Crippen LogP contribution in [0.2, 0.25) is 0 Å². The maximum absolute atomic E-state index is 13.0.